The molecule has 12 N–H and O–H groups in total. The highest BCUT2D eigenvalue weighted by atomic mass is 16.4. The first-order valence-electron chi connectivity index (χ1n) is 10.8. The van der Waals surface area contributed by atoms with Gasteiger partial charge in [0.1, 0.15) is 18.1 Å². The van der Waals surface area contributed by atoms with E-state index >= 15 is 0 Å². The maximum atomic E-state index is 12.8. The molecule has 0 spiro atoms. The van der Waals surface area contributed by atoms with Crippen molar-refractivity contribution in [2.75, 3.05) is 13.1 Å². The first-order chi connectivity index (χ1) is 15.9. The predicted octanol–water partition coefficient (Wildman–Crippen LogP) is -4.20. The third-order valence-electron chi connectivity index (χ3n) is 5.08. The van der Waals surface area contributed by atoms with Crippen molar-refractivity contribution >= 4 is 35.6 Å². The summed E-state index contributed by atoms with van der Waals surface area (Å²) in [6.45, 7) is 2.13. The number of aliphatic carboxylic acids is 1. The van der Waals surface area contributed by atoms with E-state index < -0.39 is 66.3 Å². The van der Waals surface area contributed by atoms with E-state index in [1.54, 1.807) is 0 Å². The molecule has 34 heavy (non-hydrogen) atoms. The second-order valence-electron chi connectivity index (χ2n) is 7.99. The molecule has 0 aromatic heterocycles. The fourth-order valence-electron chi connectivity index (χ4n) is 3.30. The summed E-state index contributed by atoms with van der Waals surface area (Å²) in [5.74, 6) is -4.97. The molecule has 4 amide bonds. The van der Waals surface area contributed by atoms with Gasteiger partial charge < -0.3 is 48.3 Å². The molecule has 1 fully saturated rings. The van der Waals surface area contributed by atoms with Crippen LogP contribution in [0.15, 0.2) is 0 Å². The number of nitrogens with one attached hydrogen (secondary N) is 6. The smallest absolute Gasteiger partial charge is 0.326 e. The van der Waals surface area contributed by atoms with E-state index in [0.717, 1.165) is 6.42 Å². The number of carboxylic acids is 1. The Bertz CT molecular complexity index is 770. The summed E-state index contributed by atoms with van der Waals surface area (Å²) in [5, 5.41) is 39.0. The number of carbonyl (C=O) groups excluding carboxylic acids is 4. The summed E-state index contributed by atoms with van der Waals surface area (Å²) in [6.07, 6.45) is -0.362. The van der Waals surface area contributed by atoms with Crippen molar-refractivity contribution in [2.24, 2.45) is 11.5 Å². The van der Waals surface area contributed by atoms with E-state index in [0.29, 0.717) is 13.0 Å². The van der Waals surface area contributed by atoms with Gasteiger partial charge in [-0.15, -0.1) is 0 Å². The molecule has 1 heterocycles. The molecule has 0 saturated carbocycles. The zero-order chi connectivity index (χ0) is 25.8. The standard InChI is InChI=1S/C19H34N8O7/c1-9(28)14(27-15(30)10-4-2-6-23-10)17(32)25-11(5-3-7-24-19(21)22)16(31)26-12(18(33)34)8-13(20)29/h9-12,14,23,28H,2-8H2,1H3,(H2,20,29)(H,25,32)(H,26,31)(H,27,30)(H,33,34)(H4,21,22,24)/t9-,10+,11+,12+,14+/m1/s1. The van der Waals surface area contributed by atoms with Crippen LogP contribution in [0, 0.1) is 5.41 Å². The number of hydrogen-bond donors (Lipinski definition) is 10. The molecule has 1 saturated heterocycles. The minimum atomic E-state index is -1.61. The first kappa shape index (κ1) is 28.6. The van der Waals surface area contributed by atoms with Gasteiger partial charge in [0, 0.05) is 6.54 Å². The maximum absolute atomic E-state index is 12.8. The van der Waals surface area contributed by atoms with Crippen molar-refractivity contribution in [3.05, 3.63) is 0 Å². The molecule has 5 atom stereocenters. The zero-order valence-electron chi connectivity index (χ0n) is 18.9. The Morgan fingerprint density at radius 2 is 1.74 bits per heavy atom. The second kappa shape index (κ2) is 13.9. The van der Waals surface area contributed by atoms with E-state index in [4.69, 9.17) is 16.9 Å². The summed E-state index contributed by atoms with van der Waals surface area (Å²) >= 11 is 0. The Kier molecular flexibility index (Phi) is 11.7. The lowest BCUT2D eigenvalue weighted by Gasteiger charge is -2.26. The predicted molar refractivity (Wildman–Crippen MR) is 119 cm³/mol. The van der Waals surface area contributed by atoms with Gasteiger partial charge in [-0.1, -0.05) is 0 Å². The number of carbonyl (C=O) groups is 5. The van der Waals surface area contributed by atoms with Crippen LogP contribution in [0.3, 0.4) is 0 Å². The van der Waals surface area contributed by atoms with Gasteiger partial charge in [-0.25, -0.2) is 4.79 Å². The Hall–Kier alpha value is -3.46. The van der Waals surface area contributed by atoms with Gasteiger partial charge in [0.05, 0.1) is 18.6 Å². The number of aliphatic hydroxyl groups is 1. The highest BCUT2D eigenvalue weighted by Gasteiger charge is 2.33. The lowest BCUT2D eigenvalue weighted by molar-refractivity contribution is -0.144. The van der Waals surface area contributed by atoms with Crippen LogP contribution in [0.25, 0.3) is 0 Å². The topological polar surface area (TPSA) is 262 Å². The average Bonchev–Trinajstić information content (AvgIpc) is 3.27. The molecule has 0 aliphatic carbocycles. The summed E-state index contributed by atoms with van der Waals surface area (Å²) in [6, 6.07) is -4.77. The van der Waals surface area contributed by atoms with Gasteiger partial charge in [-0.05, 0) is 39.2 Å². The number of nitrogens with two attached hydrogens (primary N) is 2. The number of aliphatic hydroxyl groups excluding tert-OH is 1. The molecule has 0 unspecified atom stereocenters. The maximum Gasteiger partial charge on any atom is 0.326 e. The summed E-state index contributed by atoms with van der Waals surface area (Å²) in [5.41, 5.74) is 10.2. The summed E-state index contributed by atoms with van der Waals surface area (Å²) < 4.78 is 0. The van der Waals surface area contributed by atoms with Crippen LogP contribution in [0.2, 0.25) is 0 Å². The third-order valence-corrected chi connectivity index (χ3v) is 5.08. The molecule has 0 aromatic carbocycles. The van der Waals surface area contributed by atoms with Crippen LogP contribution in [0.5, 0.6) is 0 Å². The van der Waals surface area contributed by atoms with E-state index in [1.165, 1.54) is 6.92 Å². The molecule has 1 aliphatic rings. The van der Waals surface area contributed by atoms with Crippen molar-refractivity contribution in [1.29, 1.82) is 5.41 Å². The molecular weight excluding hydrogens is 452 g/mol. The van der Waals surface area contributed by atoms with E-state index in [2.05, 4.69) is 26.6 Å². The minimum absolute atomic E-state index is 0.00851. The quantitative estimate of drug-likeness (QED) is 0.0642. The van der Waals surface area contributed by atoms with E-state index in [-0.39, 0.29) is 25.3 Å². The van der Waals surface area contributed by atoms with Crippen molar-refractivity contribution in [3.63, 3.8) is 0 Å². The highest BCUT2D eigenvalue weighted by Crippen LogP contribution is 2.07. The molecule has 1 rings (SSSR count). The molecule has 1 aliphatic heterocycles. The van der Waals surface area contributed by atoms with Gasteiger partial charge >= 0.3 is 5.97 Å². The van der Waals surface area contributed by atoms with Crippen molar-refractivity contribution in [1.82, 2.24) is 26.6 Å². The summed E-state index contributed by atoms with van der Waals surface area (Å²) in [4.78, 5) is 60.4. The lowest BCUT2D eigenvalue weighted by Crippen LogP contribution is -2.59. The van der Waals surface area contributed by atoms with Gasteiger partial charge in [0.15, 0.2) is 5.96 Å². The average molecular weight is 487 g/mol. The van der Waals surface area contributed by atoms with Crippen LogP contribution in [-0.4, -0.2) is 89.1 Å². The molecule has 192 valence electrons. The Morgan fingerprint density at radius 3 is 2.24 bits per heavy atom. The monoisotopic (exact) mass is 486 g/mol. The number of primary amides is 1. The second-order valence-corrected chi connectivity index (χ2v) is 7.99. The van der Waals surface area contributed by atoms with Crippen LogP contribution in [-0.2, 0) is 24.0 Å². The highest BCUT2D eigenvalue weighted by molar-refractivity contribution is 5.95. The number of guanidine groups is 1. The number of amides is 4. The molecule has 0 aromatic rings. The zero-order valence-corrected chi connectivity index (χ0v) is 18.9. The SMILES string of the molecule is C[C@@H](O)[C@H](NC(=O)[C@@H]1CCCN1)C(=O)N[C@@H](CCCNC(=N)N)C(=O)N[C@@H](CC(N)=O)C(=O)O. The van der Waals surface area contributed by atoms with E-state index in [9.17, 15) is 34.2 Å². The summed E-state index contributed by atoms with van der Waals surface area (Å²) in [7, 11) is 0. The lowest BCUT2D eigenvalue weighted by atomic mass is 10.1. The van der Waals surface area contributed by atoms with Gasteiger partial charge in [-0.2, -0.15) is 0 Å². The molecule has 0 radical (unpaired) electrons. The molecule has 15 nitrogen and oxygen atoms in total. The van der Waals surface area contributed by atoms with Crippen molar-refractivity contribution < 1.29 is 34.2 Å². The van der Waals surface area contributed by atoms with Crippen LogP contribution in [0.1, 0.15) is 39.0 Å². The van der Waals surface area contributed by atoms with Gasteiger partial charge in [0.2, 0.25) is 23.6 Å². The molecular formula is C19H34N8O7. The van der Waals surface area contributed by atoms with Gasteiger partial charge in [-0.3, -0.25) is 24.6 Å². The first-order valence-corrected chi connectivity index (χ1v) is 10.8. The normalized spacial score (nSPS) is 18.6. The minimum Gasteiger partial charge on any atom is -0.480 e. The largest absolute Gasteiger partial charge is 0.480 e. The van der Waals surface area contributed by atoms with E-state index in [1.807, 2.05) is 0 Å². The van der Waals surface area contributed by atoms with Crippen molar-refractivity contribution in [3.8, 4) is 0 Å². The van der Waals surface area contributed by atoms with Crippen LogP contribution >= 0.6 is 0 Å². The number of carboxylic acid groups (broad SMARTS) is 1. The Balaban J connectivity index is 2.92. The van der Waals surface area contributed by atoms with Crippen molar-refractivity contribution in [2.45, 2.75) is 69.3 Å². The number of hydrogen-bond acceptors (Lipinski definition) is 8. The fraction of sp³-hybridized carbons (Fsp3) is 0.684. The molecule has 0 bridgehead atoms. The molecule has 15 heteroatoms. The third kappa shape index (κ3) is 9.99. The number of rotatable bonds is 14. The fourth-order valence-corrected chi connectivity index (χ4v) is 3.30. The van der Waals surface area contributed by atoms with Crippen LogP contribution < -0.4 is 38.1 Å². The Labute approximate surface area is 196 Å². The van der Waals surface area contributed by atoms with Crippen LogP contribution in [0.4, 0.5) is 0 Å². The Morgan fingerprint density at radius 1 is 1.09 bits per heavy atom. The van der Waals surface area contributed by atoms with Gasteiger partial charge in [0.25, 0.3) is 0 Å².